The molecule has 0 radical (unpaired) electrons. The summed E-state index contributed by atoms with van der Waals surface area (Å²) in [5, 5.41) is 15.8. The number of benzene rings is 2. The number of nitrogens with two attached hydrogens (primary N) is 1. The minimum atomic E-state index is -1.66. The molecule has 1 aliphatic rings. The lowest BCUT2D eigenvalue weighted by Crippen LogP contribution is -2.35. The van der Waals surface area contributed by atoms with Gasteiger partial charge >= 0.3 is 0 Å². The summed E-state index contributed by atoms with van der Waals surface area (Å²) in [5.74, 6) is -0.0124. The van der Waals surface area contributed by atoms with E-state index in [0.717, 1.165) is 27.6 Å². The number of hydrogen-bond donors (Lipinski definition) is 2. The SMILES string of the molecule is CN1CC[C@@](O)(c2cc(-c3cccc(-c4cccc5cnc(N)nc45)c3)no2)C1=O. The molecule has 8 nitrogen and oxygen atoms in total. The number of anilines is 1. The normalized spacial score (nSPS) is 19.0. The second-order valence-electron chi connectivity index (χ2n) is 7.47. The molecular formula is C22H19N5O3. The number of carbonyl (C=O) groups is 1. The van der Waals surface area contributed by atoms with E-state index in [2.05, 4.69) is 15.1 Å². The highest BCUT2D eigenvalue weighted by atomic mass is 16.5. The maximum Gasteiger partial charge on any atom is 0.262 e. The predicted octanol–water partition coefficient (Wildman–Crippen LogP) is 2.58. The fraction of sp³-hybridized carbons (Fsp3) is 0.182. The Bertz CT molecular complexity index is 1280. The molecule has 3 N–H and O–H groups in total. The number of rotatable bonds is 3. The first-order valence-electron chi connectivity index (χ1n) is 9.53. The zero-order valence-electron chi connectivity index (χ0n) is 16.2. The molecule has 0 saturated carbocycles. The molecule has 0 spiro atoms. The maximum atomic E-state index is 12.3. The van der Waals surface area contributed by atoms with Gasteiger partial charge in [0.25, 0.3) is 5.91 Å². The van der Waals surface area contributed by atoms with Gasteiger partial charge in [-0.05, 0) is 11.6 Å². The molecular weight excluding hydrogens is 382 g/mol. The number of hydrogen-bond acceptors (Lipinski definition) is 7. The van der Waals surface area contributed by atoms with Crippen LogP contribution in [-0.4, -0.2) is 44.6 Å². The summed E-state index contributed by atoms with van der Waals surface area (Å²) in [6, 6.07) is 15.2. The lowest BCUT2D eigenvalue weighted by Gasteiger charge is -2.16. The van der Waals surface area contributed by atoms with Gasteiger partial charge in [0.15, 0.2) is 5.76 Å². The van der Waals surface area contributed by atoms with Gasteiger partial charge in [-0.2, -0.15) is 0 Å². The molecule has 4 aromatic rings. The Hall–Kier alpha value is -3.78. The molecule has 0 unspecified atom stereocenters. The van der Waals surface area contributed by atoms with Crippen LogP contribution in [0.15, 0.2) is 59.3 Å². The summed E-state index contributed by atoms with van der Waals surface area (Å²) in [6.45, 7) is 0.465. The van der Waals surface area contributed by atoms with E-state index in [9.17, 15) is 9.90 Å². The highest BCUT2D eigenvalue weighted by Gasteiger charge is 2.48. The highest BCUT2D eigenvalue weighted by molar-refractivity contribution is 5.94. The summed E-state index contributed by atoms with van der Waals surface area (Å²) in [7, 11) is 1.65. The molecule has 1 atom stereocenters. The summed E-state index contributed by atoms with van der Waals surface area (Å²) >= 11 is 0. The predicted molar refractivity (Wildman–Crippen MR) is 111 cm³/mol. The zero-order valence-corrected chi connectivity index (χ0v) is 16.2. The first kappa shape index (κ1) is 18.3. The van der Waals surface area contributed by atoms with Crippen LogP contribution < -0.4 is 5.73 Å². The summed E-state index contributed by atoms with van der Waals surface area (Å²) < 4.78 is 5.37. The molecule has 5 rings (SSSR count). The Morgan fingerprint density at radius 2 is 1.97 bits per heavy atom. The van der Waals surface area contributed by atoms with E-state index in [0.29, 0.717) is 12.2 Å². The molecule has 8 heteroatoms. The van der Waals surface area contributed by atoms with E-state index in [1.807, 2.05) is 42.5 Å². The van der Waals surface area contributed by atoms with Crippen molar-refractivity contribution >= 4 is 22.8 Å². The topological polar surface area (TPSA) is 118 Å². The number of nitrogens with zero attached hydrogens (tertiary/aromatic N) is 4. The van der Waals surface area contributed by atoms with Gasteiger partial charge in [-0.1, -0.05) is 41.6 Å². The molecule has 1 saturated heterocycles. The van der Waals surface area contributed by atoms with E-state index in [1.54, 1.807) is 19.3 Å². The first-order chi connectivity index (χ1) is 14.5. The van der Waals surface area contributed by atoms with E-state index in [1.165, 1.54) is 4.90 Å². The molecule has 30 heavy (non-hydrogen) atoms. The van der Waals surface area contributed by atoms with Gasteiger partial charge in [0.1, 0.15) is 5.69 Å². The van der Waals surface area contributed by atoms with E-state index < -0.39 is 5.60 Å². The average Bonchev–Trinajstić information content (AvgIpc) is 3.36. The molecule has 150 valence electrons. The average molecular weight is 401 g/mol. The van der Waals surface area contributed by atoms with Crippen LogP contribution >= 0.6 is 0 Å². The zero-order chi connectivity index (χ0) is 20.9. The number of amides is 1. The molecule has 2 aromatic heterocycles. The van der Waals surface area contributed by atoms with Crippen LogP contribution in [0.2, 0.25) is 0 Å². The van der Waals surface area contributed by atoms with Gasteiger partial charge in [-0.3, -0.25) is 4.79 Å². The lowest BCUT2D eigenvalue weighted by atomic mass is 9.97. The van der Waals surface area contributed by atoms with Crippen molar-refractivity contribution in [3.63, 3.8) is 0 Å². The van der Waals surface area contributed by atoms with E-state index >= 15 is 0 Å². The number of aromatic nitrogens is 3. The van der Waals surface area contributed by atoms with Crippen LogP contribution in [0.4, 0.5) is 5.95 Å². The molecule has 1 aliphatic heterocycles. The van der Waals surface area contributed by atoms with Gasteiger partial charge in [-0.15, -0.1) is 0 Å². The van der Waals surface area contributed by atoms with Crippen molar-refractivity contribution in [1.29, 1.82) is 0 Å². The summed E-state index contributed by atoms with van der Waals surface area (Å²) in [4.78, 5) is 22.3. The van der Waals surface area contributed by atoms with Crippen molar-refractivity contribution in [2.45, 2.75) is 12.0 Å². The fourth-order valence-electron chi connectivity index (χ4n) is 3.84. The molecule has 2 aromatic carbocycles. The third kappa shape index (κ3) is 2.81. The highest BCUT2D eigenvalue weighted by Crippen LogP contribution is 2.36. The van der Waals surface area contributed by atoms with Gasteiger partial charge in [0.2, 0.25) is 11.5 Å². The van der Waals surface area contributed by atoms with Gasteiger partial charge in [-0.25, -0.2) is 9.97 Å². The third-order valence-corrected chi connectivity index (χ3v) is 5.53. The standard InChI is InChI=1S/C22H19N5O3/c1-27-9-8-22(29,20(27)28)18-11-17(26-30-18)14-5-2-4-13(10-14)16-7-3-6-15-12-24-21(23)25-19(15)16/h2-7,10-12,29H,8-9H2,1H3,(H2,23,24,25)/t22-/m1/s1. The summed E-state index contributed by atoms with van der Waals surface area (Å²) in [5.41, 5.74) is 8.06. The molecule has 3 heterocycles. The van der Waals surface area contributed by atoms with Crippen molar-refractivity contribution in [2.24, 2.45) is 0 Å². The fourth-order valence-corrected chi connectivity index (χ4v) is 3.84. The second kappa shape index (κ2) is 6.64. The van der Waals surface area contributed by atoms with Crippen LogP contribution in [0.25, 0.3) is 33.3 Å². The number of carbonyl (C=O) groups excluding carboxylic acids is 1. The summed E-state index contributed by atoms with van der Waals surface area (Å²) in [6.07, 6.45) is 1.97. The number of likely N-dealkylation sites (tertiary alicyclic amines) is 1. The molecule has 1 amide bonds. The molecule has 0 aliphatic carbocycles. The number of aliphatic hydroxyl groups is 1. The Morgan fingerprint density at radius 1 is 1.17 bits per heavy atom. The Kier molecular flexibility index (Phi) is 4.04. The maximum absolute atomic E-state index is 12.3. The first-order valence-corrected chi connectivity index (χ1v) is 9.53. The van der Waals surface area contributed by atoms with Gasteiger partial charge < -0.3 is 20.3 Å². The second-order valence-corrected chi connectivity index (χ2v) is 7.47. The number of fused-ring (bicyclic) bond motifs is 1. The van der Waals surface area contributed by atoms with Crippen molar-refractivity contribution < 1.29 is 14.4 Å². The van der Waals surface area contributed by atoms with E-state index in [4.69, 9.17) is 10.3 Å². The van der Waals surface area contributed by atoms with Crippen LogP contribution in [-0.2, 0) is 10.4 Å². The third-order valence-electron chi connectivity index (χ3n) is 5.53. The molecule has 1 fully saturated rings. The minimum Gasteiger partial charge on any atom is -0.373 e. The van der Waals surface area contributed by atoms with Crippen molar-refractivity contribution in [2.75, 3.05) is 19.3 Å². The number of nitrogen functional groups attached to an aromatic ring is 1. The van der Waals surface area contributed by atoms with Crippen LogP contribution in [0, 0.1) is 0 Å². The van der Waals surface area contributed by atoms with Crippen molar-refractivity contribution in [3.8, 4) is 22.4 Å². The Balaban J connectivity index is 1.55. The Labute approximate surface area is 172 Å². The van der Waals surface area contributed by atoms with Crippen LogP contribution in [0.3, 0.4) is 0 Å². The lowest BCUT2D eigenvalue weighted by molar-refractivity contribution is -0.144. The van der Waals surface area contributed by atoms with Crippen molar-refractivity contribution in [1.82, 2.24) is 20.0 Å². The Morgan fingerprint density at radius 3 is 2.77 bits per heavy atom. The monoisotopic (exact) mass is 401 g/mol. The van der Waals surface area contributed by atoms with Crippen LogP contribution in [0.1, 0.15) is 12.2 Å². The smallest absolute Gasteiger partial charge is 0.262 e. The van der Waals surface area contributed by atoms with Gasteiger partial charge in [0, 0.05) is 48.8 Å². The van der Waals surface area contributed by atoms with Crippen molar-refractivity contribution in [3.05, 3.63) is 60.5 Å². The largest absolute Gasteiger partial charge is 0.373 e. The quantitative estimate of drug-likeness (QED) is 0.542. The minimum absolute atomic E-state index is 0.155. The van der Waals surface area contributed by atoms with Crippen LogP contribution in [0.5, 0.6) is 0 Å². The number of para-hydroxylation sites is 1. The van der Waals surface area contributed by atoms with Gasteiger partial charge in [0.05, 0.1) is 5.52 Å². The molecule has 0 bridgehead atoms. The van der Waals surface area contributed by atoms with E-state index in [-0.39, 0.29) is 24.0 Å². The number of likely N-dealkylation sites (N-methyl/N-ethyl adjacent to an activating group) is 1.